The Labute approximate surface area is 335 Å². The monoisotopic (exact) mass is 742 g/mol. The van der Waals surface area contributed by atoms with E-state index in [-0.39, 0.29) is 0 Å². The first-order valence-electron chi connectivity index (χ1n) is 19.4. The molecular formula is C53H34N4O. The zero-order valence-corrected chi connectivity index (χ0v) is 31.3. The van der Waals surface area contributed by atoms with Gasteiger partial charge in [0, 0.05) is 50.3 Å². The molecule has 0 unspecified atom stereocenters. The average molecular weight is 743 g/mol. The SMILES string of the molecule is c1ccc(-c2ccc(N(c3ccc4ccccc4c3)c3cc4oc5cc(-c6nc(-c7ccccc7)nc(-c7ccccc7)n6)ccc5c4c4ccccc34)cc2)cc1. The number of hydrogen-bond acceptors (Lipinski definition) is 5. The molecular weight excluding hydrogens is 709 g/mol. The molecule has 2 heterocycles. The molecule has 11 rings (SSSR count). The fourth-order valence-electron chi connectivity index (χ4n) is 8.06. The summed E-state index contributed by atoms with van der Waals surface area (Å²) < 4.78 is 6.86. The molecule has 11 aromatic rings. The minimum absolute atomic E-state index is 0.585. The molecule has 272 valence electrons. The molecule has 0 spiro atoms. The van der Waals surface area contributed by atoms with E-state index in [0.717, 1.165) is 66.5 Å². The van der Waals surface area contributed by atoms with Crippen LogP contribution in [0.5, 0.6) is 0 Å². The Kier molecular flexibility index (Phi) is 8.07. The summed E-state index contributed by atoms with van der Waals surface area (Å²) in [4.78, 5) is 17.2. The van der Waals surface area contributed by atoms with Gasteiger partial charge in [-0.25, -0.2) is 15.0 Å². The molecule has 0 aliphatic rings. The number of fused-ring (bicyclic) bond motifs is 6. The van der Waals surface area contributed by atoms with Gasteiger partial charge >= 0.3 is 0 Å². The Morgan fingerprint density at radius 3 is 1.52 bits per heavy atom. The van der Waals surface area contributed by atoms with Crippen LogP contribution in [0, 0.1) is 0 Å². The van der Waals surface area contributed by atoms with Gasteiger partial charge < -0.3 is 9.32 Å². The molecule has 0 aliphatic carbocycles. The minimum atomic E-state index is 0.585. The molecule has 0 aliphatic heterocycles. The van der Waals surface area contributed by atoms with Gasteiger partial charge in [0.05, 0.1) is 5.69 Å². The molecule has 5 heteroatoms. The highest BCUT2D eigenvalue weighted by atomic mass is 16.3. The summed E-state index contributed by atoms with van der Waals surface area (Å²) in [7, 11) is 0. The lowest BCUT2D eigenvalue weighted by molar-refractivity contribution is 0.669. The van der Waals surface area contributed by atoms with Crippen LogP contribution >= 0.6 is 0 Å². The van der Waals surface area contributed by atoms with Crippen molar-refractivity contribution in [2.75, 3.05) is 4.90 Å². The molecule has 0 atom stereocenters. The fourth-order valence-corrected chi connectivity index (χ4v) is 8.06. The minimum Gasteiger partial charge on any atom is -0.456 e. The summed E-state index contributed by atoms with van der Waals surface area (Å²) in [5.41, 5.74) is 9.77. The van der Waals surface area contributed by atoms with Gasteiger partial charge in [0.1, 0.15) is 11.2 Å². The number of anilines is 3. The molecule has 0 saturated heterocycles. The van der Waals surface area contributed by atoms with E-state index in [2.05, 4.69) is 150 Å². The normalized spacial score (nSPS) is 11.4. The summed E-state index contributed by atoms with van der Waals surface area (Å²) in [6, 6.07) is 71.8. The van der Waals surface area contributed by atoms with Gasteiger partial charge in [-0.2, -0.15) is 0 Å². The van der Waals surface area contributed by atoms with E-state index in [1.54, 1.807) is 0 Å². The zero-order valence-electron chi connectivity index (χ0n) is 31.3. The summed E-state index contributed by atoms with van der Waals surface area (Å²) in [5, 5.41) is 6.72. The number of rotatable bonds is 7. The molecule has 5 nitrogen and oxygen atoms in total. The highest BCUT2D eigenvalue weighted by Gasteiger charge is 2.22. The lowest BCUT2D eigenvalue weighted by Gasteiger charge is -2.27. The summed E-state index contributed by atoms with van der Waals surface area (Å²) in [6.07, 6.45) is 0. The first kappa shape index (κ1) is 33.4. The summed E-state index contributed by atoms with van der Waals surface area (Å²) >= 11 is 0. The van der Waals surface area contributed by atoms with Gasteiger partial charge in [0.15, 0.2) is 17.5 Å². The number of benzene rings is 9. The Balaban J connectivity index is 1.09. The van der Waals surface area contributed by atoms with Crippen LogP contribution in [0.3, 0.4) is 0 Å². The molecule has 2 aromatic heterocycles. The quantitative estimate of drug-likeness (QED) is 0.163. The molecule has 0 fully saturated rings. The van der Waals surface area contributed by atoms with E-state index in [0.29, 0.717) is 17.5 Å². The highest BCUT2D eigenvalue weighted by Crippen LogP contribution is 2.45. The smallest absolute Gasteiger partial charge is 0.164 e. The number of aromatic nitrogens is 3. The molecule has 9 aromatic carbocycles. The van der Waals surface area contributed by atoms with E-state index in [1.165, 1.54) is 21.9 Å². The lowest BCUT2D eigenvalue weighted by atomic mass is 9.99. The van der Waals surface area contributed by atoms with Crippen LogP contribution in [-0.4, -0.2) is 15.0 Å². The molecule has 0 amide bonds. The van der Waals surface area contributed by atoms with Gasteiger partial charge in [-0.3, -0.25) is 0 Å². The summed E-state index contributed by atoms with van der Waals surface area (Å²) in [5.74, 6) is 1.83. The molecule has 0 N–H and O–H groups in total. The predicted octanol–water partition coefficient (Wildman–Crippen LogP) is 14.2. The fraction of sp³-hybridized carbons (Fsp3) is 0. The van der Waals surface area contributed by atoms with E-state index < -0.39 is 0 Å². The second kappa shape index (κ2) is 14.0. The molecule has 58 heavy (non-hydrogen) atoms. The van der Waals surface area contributed by atoms with Crippen molar-refractivity contribution in [1.29, 1.82) is 0 Å². The van der Waals surface area contributed by atoms with Crippen LogP contribution in [0.1, 0.15) is 0 Å². The topological polar surface area (TPSA) is 55.1 Å². The van der Waals surface area contributed by atoms with Gasteiger partial charge in [0.2, 0.25) is 0 Å². The van der Waals surface area contributed by atoms with Gasteiger partial charge in [-0.15, -0.1) is 0 Å². The highest BCUT2D eigenvalue weighted by molar-refractivity contribution is 6.22. The standard InChI is InChI=1S/C53H34N4O/c1-4-14-35(15-5-1)37-24-28-42(29-25-37)57(43-30-26-36-16-10-11-21-40(36)32-43)47-34-49-50(45-23-13-12-22-44(45)47)46-31-27-41(33-48(46)58-49)53-55-51(38-17-6-2-7-18-38)54-52(56-53)39-19-8-3-9-20-39/h1-34H. The van der Waals surface area contributed by atoms with Crippen molar-refractivity contribution in [3.8, 4) is 45.3 Å². The maximum atomic E-state index is 6.86. The molecule has 0 saturated carbocycles. The van der Waals surface area contributed by atoms with Crippen LogP contribution < -0.4 is 4.90 Å². The maximum absolute atomic E-state index is 6.86. The van der Waals surface area contributed by atoms with Crippen molar-refractivity contribution >= 4 is 60.5 Å². The van der Waals surface area contributed by atoms with Crippen molar-refractivity contribution in [2.45, 2.75) is 0 Å². The lowest BCUT2D eigenvalue weighted by Crippen LogP contribution is -2.10. The second-order valence-electron chi connectivity index (χ2n) is 14.4. The van der Waals surface area contributed by atoms with Crippen LogP contribution in [0.2, 0.25) is 0 Å². The predicted molar refractivity (Wildman–Crippen MR) is 239 cm³/mol. The Morgan fingerprint density at radius 1 is 0.328 bits per heavy atom. The van der Waals surface area contributed by atoms with Crippen LogP contribution in [-0.2, 0) is 0 Å². The average Bonchev–Trinajstić information content (AvgIpc) is 3.68. The Morgan fingerprint density at radius 2 is 0.845 bits per heavy atom. The van der Waals surface area contributed by atoms with Gasteiger partial charge in [-0.1, -0.05) is 164 Å². The number of nitrogens with zero attached hydrogens (tertiary/aromatic N) is 4. The Hall–Kier alpha value is -7.89. The summed E-state index contributed by atoms with van der Waals surface area (Å²) in [6.45, 7) is 0. The van der Waals surface area contributed by atoms with Gasteiger partial charge in [0.25, 0.3) is 0 Å². The van der Waals surface area contributed by atoms with Crippen molar-refractivity contribution in [1.82, 2.24) is 15.0 Å². The number of furan rings is 1. The largest absolute Gasteiger partial charge is 0.456 e. The Bertz CT molecular complexity index is 3210. The third kappa shape index (κ3) is 5.94. The van der Waals surface area contributed by atoms with E-state index >= 15 is 0 Å². The first-order valence-corrected chi connectivity index (χ1v) is 19.4. The van der Waals surface area contributed by atoms with Crippen molar-refractivity contribution in [3.63, 3.8) is 0 Å². The van der Waals surface area contributed by atoms with E-state index in [4.69, 9.17) is 19.4 Å². The zero-order chi connectivity index (χ0) is 38.4. The van der Waals surface area contributed by atoms with Crippen LogP contribution in [0.4, 0.5) is 17.1 Å². The van der Waals surface area contributed by atoms with Crippen molar-refractivity contribution in [3.05, 3.63) is 206 Å². The molecule has 0 radical (unpaired) electrons. The number of hydrogen-bond donors (Lipinski definition) is 0. The van der Waals surface area contributed by atoms with E-state index in [9.17, 15) is 0 Å². The van der Waals surface area contributed by atoms with Crippen molar-refractivity contribution < 1.29 is 4.42 Å². The van der Waals surface area contributed by atoms with Crippen molar-refractivity contribution in [2.24, 2.45) is 0 Å². The van der Waals surface area contributed by atoms with E-state index in [1.807, 2.05) is 60.7 Å². The second-order valence-corrected chi connectivity index (χ2v) is 14.4. The molecule has 0 bridgehead atoms. The van der Waals surface area contributed by atoms with Crippen LogP contribution in [0.25, 0.3) is 88.8 Å². The maximum Gasteiger partial charge on any atom is 0.164 e. The third-order valence-electron chi connectivity index (χ3n) is 10.9. The van der Waals surface area contributed by atoms with Crippen LogP contribution in [0.15, 0.2) is 211 Å². The van der Waals surface area contributed by atoms with Gasteiger partial charge in [-0.05, 0) is 63.7 Å². The first-order chi connectivity index (χ1) is 28.7. The third-order valence-corrected chi connectivity index (χ3v) is 10.9.